The Kier molecular flexibility index (Phi) is 9.02. The smallest absolute Gasteiger partial charge is 0.325 e. The van der Waals surface area contributed by atoms with E-state index in [9.17, 15) is 19.7 Å². The predicted molar refractivity (Wildman–Crippen MR) is 130 cm³/mol. The normalized spacial score (nSPS) is 13.1. The minimum absolute atomic E-state index is 0.0769. The molecular formula is C23H31N5O4S. The van der Waals surface area contributed by atoms with Crippen molar-refractivity contribution in [2.45, 2.75) is 57.5 Å². The lowest BCUT2D eigenvalue weighted by molar-refractivity contribution is -0.384. The number of hydrogen-bond donors (Lipinski definition) is 1. The maximum absolute atomic E-state index is 12.8. The van der Waals surface area contributed by atoms with Crippen molar-refractivity contribution in [2.75, 3.05) is 30.7 Å². The maximum atomic E-state index is 12.8. The van der Waals surface area contributed by atoms with Crippen molar-refractivity contribution in [1.82, 2.24) is 14.5 Å². The molecule has 1 N–H and O–H groups in total. The highest BCUT2D eigenvalue weighted by atomic mass is 32.2. The molecule has 1 aromatic heterocycles. The lowest BCUT2D eigenvalue weighted by Gasteiger charge is -2.23. The first-order valence-corrected chi connectivity index (χ1v) is 12.4. The zero-order valence-electron chi connectivity index (χ0n) is 19.2. The molecule has 10 heteroatoms. The molecule has 33 heavy (non-hydrogen) atoms. The third kappa shape index (κ3) is 6.64. The topological polar surface area (TPSA) is 110 Å². The van der Waals surface area contributed by atoms with Crippen LogP contribution in [0.25, 0.3) is 0 Å². The molecule has 3 rings (SSSR count). The number of rotatable bonds is 11. The van der Waals surface area contributed by atoms with Crippen molar-refractivity contribution in [2.24, 2.45) is 0 Å². The number of aromatic nitrogens is 2. The molecule has 0 radical (unpaired) electrons. The molecule has 2 aromatic rings. The number of non-ortho nitro benzene ring substituents is 1. The molecule has 0 aliphatic heterocycles. The highest BCUT2D eigenvalue weighted by Gasteiger charge is 2.21. The number of thioether (sulfide) groups is 1. The van der Waals surface area contributed by atoms with E-state index < -0.39 is 4.92 Å². The number of fused-ring (bicyclic) bond motifs is 1. The van der Waals surface area contributed by atoms with Crippen molar-refractivity contribution in [3.63, 3.8) is 0 Å². The average Bonchev–Trinajstić information content (AvgIpc) is 2.82. The van der Waals surface area contributed by atoms with Gasteiger partial charge in [-0.05, 0) is 57.8 Å². The van der Waals surface area contributed by atoms with E-state index in [4.69, 9.17) is 0 Å². The molecule has 0 unspecified atom stereocenters. The highest BCUT2D eigenvalue weighted by molar-refractivity contribution is 8.00. The molecule has 178 valence electrons. The van der Waals surface area contributed by atoms with Gasteiger partial charge in [0.25, 0.3) is 5.69 Å². The van der Waals surface area contributed by atoms with Crippen molar-refractivity contribution in [3.05, 3.63) is 56.1 Å². The van der Waals surface area contributed by atoms with Gasteiger partial charge in [0.1, 0.15) is 5.03 Å². The van der Waals surface area contributed by atoms with Gasteiger partial charge in [0.15, 0.2) is 0 Å². The summed E-state index contributed by atoms with van der Waals surface area (Å²) in [6, 6.07) is 5.83. The third-order valence-electron chi connectivity index (χ3n) is 5.88. The Labute approximate surface area is 197 Å². The summed E-state index contributed by atoms with van der Waals surface area (Å²) in [5.74, 6) is -0.219. The van der Waals surface area contributed by atoms with Crippen LogP contribution in [0.1, 0.15) is 44.4 Å². The number of carbonyl (C=O) groups is 1. The van der Waals surface area contributed by atoms with E-state index in [1.807, 2.05) is 4.57 Å². The van der Waals surface area contributed by atoms with Crippen LogP contribution in [0.3, 0.4) is 0 Å². The van der Waals surface area contributed by atoms with Crippen LogP contribution in [-0.4, -0.2) is 50.7 Å². The third-order valence-corrected chi connectivity index (χ3v) is 6.90. The first-order chi connectivity index (χ1) is 15.9. The second kappa shape index (κ2) is 11.9. The zero-order valence-corrected chi connectivity index (χ0v) is 20.0. The Morgan fingerprint density at radius 1 is 1.27 bits per heavy atom. The number of nitrogens with zero attached hydrogens (tertiary/aromatic N) is 4. The number of nitrogens with one attached hydrogen (secondary N) is 1. The van der Waals surface area contributed by atoms with E-state index in [0.29, 0.717) is 17.3 Å². The second-order valence-electron chi connectivity index (χ2n) is 8.01. The van der Waals surface area contributed by atoms with E-state index in [0.717, 1.165) is 63.0 Å². The summed E-state index contributed by atoms with van der Waals surface area (Å²) < 4.78 is 1.82. The van der Waals surface area contributed by atoms with E-state index in [1.165, 1.54) is 30.0 Å². The summed E-state index contributed by atoms with van der Waals surface area (Å²) in [5, 5.41) is 14.2. The van der Waals surface area contributed by atoms with Crippen LogP contribution in [0, 0.1) is 10.1 Å². The number of nitro benzene ring substituents is 1. The Hall–Kier alpha value is -2.72. The molecule has 1 amide bonds. The first-order valence-electron chi connectivity index (χ1n) is 11.4. The molecule has 0 fully saturated rings. The molecule has 1 heterocycles. The van der Waals surface area contributed by atoms with Crippen LogP contribution in [0.2, 0.25) is 0 Å². The second-order valence-corrected chi connectivity index (χ2v) is 8.97. The van der Waals surface area contributed by atoms with Gasteiger partial charge in [-0.15, -0.1) is 0 Å². The summed E-state index contributed by atoms with van der Waals surface area (Å²) in [5.41, 5.74) is 2.17. The minimum atomic E-state index is -0.502. The quantitative estimate of drug-likeness (QED) is 0.230. The fourth-order valence-electron chi connectivity index (χ4n) is 4.12. The van der Waals surface area contributed by atoms with E-state index in [-0.39, 0.29) is 23.0 Å². The Balaban J connectivity index is 1.69. The van der Waals surface area contributed by atoms with Gasteiger partial charge in [-0.25, -0.2) is 4.79 Å². The molecular weight excluding hydrogens is 442 g/mol. The number of amides is 1. The van der Waals surface area contributed by atoms with E-state index in [1.54, 1.807) is 6.07 Å². The molecule has 0 bridgehead atoms. The van der Waals surface area contributed by atoms with Gasteiger partial charge in [0.2, 0.25) is 5.91 Å². The lowest BCUT2D eigenvalue weighted by Crippen LogP contribution is -2.32. The number of benzene rings is 1. The molecule has 0 atom stereocenters. The van der Waals surface area contributed by atoms with Crippen LogP contribution < -0.4 is 11.0 Å². The summed E-state index contributed by atoms with van der Waals surface area (Å²) >= 11 is 1.25. The predicted octanol–water partition coefficient (Wildman–Crippen LogP) is 3.49. The van der Waals surface area contributed by atoms with Crippen molar-refractivity contribution in [3.8, 4) is 0 Å². The van der Waals surface area contributed by atoms with Crippen LogP contribution in [0.15, 0.2) is 34.1 Å². The van der Waals surface area contributed by atoms with Crippen LogP contribution in [-0.2, 0) is 24.2 Å². The summed E-state index contributed by atoms with van der Waals surface area (Å²) in [6.07, 6.45) is 4.69. The Bertz CT molecular complexity index is 1050. The minimum Gasteiger partial charge on any atom is -0.325 e. The maximum Gasteiger partial charge on any atom is 0.348 e. The number of carbonyl (C=O) groups excluding carboxylic acids is 1. The summed E-state index contributed by atoms with van der Waals surface area (Å²) in [6.45, 7) is 7.87. The standard InChI is InChI=1S/C23H31N5O4S/c1-3-26(4-2)13-8-14-27-20-12-6-5-11-19(20)22(25-23(27)30)33-16-21(29)24-17-9-7-10-18(15-17)28(31)32/h7,9-10,15H,3-6,8,11-14,16H2,1-2H3,(H,24,29). The van der Waals surface area contributed by atoms with Gasteiger partial charge in [-0.1, -0.05) is 31.7 Å². The molecule has 1 aliphatic carbocycles. The van der Waals surface area contributed by atoms with Crippen LogP contribution in [0.4, 0.5) is 11.4 Å². The molecule has 0 saturated carbocycles. The molecule has 0 spiro atoms. The van der Waals surface area contributed by atoms with Gasteiger partial charge >= 0.3 is 5.69 Å². The summed E-state index contributed by atoms with van der Waals surface area (Å²) in [4.78, 5) is 42.3. The Morgan fingerprint density at radius 2 is 2.03 bits per heavy atom. The van der Waals surface area contributed by atoms with Crippen LogP contribution in [0.5, 0.6) is 0 Å². The lowest BCUT2D eigenvalue weighted by atomic mass is 9.97. The largest absolute Gasteiger partial charge is 0.348 e. The first kappa shape index (κ1) is 24.9. The van der Waals surface area contributed by atoms with Gasteiger partial charge in [-0.2, -0.15) is 4.98 Å². The number of anilines is 1. The van der Waals surface area contributed by atoms with E-state index in [2.05, 4.69) is 29.0 Å². The highest BCUT2D eigenvalue weighted by Crippen LogP contribution is 2.28. The van der Waals surface area contributed by atoms with Gasteiger partial charge in [-0.3, -0.25) is 19.5 Å². The fourth-order valence-corrected chi connectivity index (χ4v) is 4.99. The van der Waals surface area contributed by atoms with Crippen LogP contribution >= 0.6 is 11.8 Å². The van der Waals surface area contributed by atoms with Gasteiger partial charge < -0.3 is 10.2 Å². The van der Waals surface area contributed by atoms with Gasteiger partial charge in [0.05, 0.1) is 10.7 Å². The van der Waals surface area contributed by atoms with Crippen molar-refractivity contribution >= 4 is 29.0 Å². The number of nitro groups is 1. The van der Waals surface area contributed by atoms with E-state index >= 15 is 0 Å². The molecule has 9 nitrogen and oxygen atoms in total. The molecule has 0 saturated heterocycles. The monoisotopic (exact) mass is 473 g/mol. The zero-order chi connectivity index (χ0) is 23.8. The average molecular weight is 474 g/mol. The SMILES string of the molecule is CCN(CC)CCCn1c2c(c(SCC(=O)Nc3cccc([N+](=O)[O-])c3)nc1=O)CCCC2. The molecule has 1 aromatic carbocycles. The Morgan fingerprint density at radius 3 is 2.76 bits per heavy atom. The summed E-state index contributed by atoms with van der Waals surface area (Å²) in [7, 11) is 0. The molecule has 1 aliphatic rings. The van der Waals surface area contributed by atoms with Crippen molar-refractivity contribution in [1.29, 1.82) is 0 Å². The van der Waals surface area contributed by atoms with Gasteiger partial charge in [0, 0.05) is 35.6 Å². The fraction of sp³-hybridized carbons (Fsp3) is 0.522. The number of hydrogen-bond acceptors (Lipinski definition) is 7. The van der Waals surface area contributed by atoms with Crippen molar-refractivity contribution < 1.29 is 9.72 Å².